The minimum Gasteiger partial charge on any atom is -0.460 e. The number of aliphatic hydroxyl groups is 1. The molecule has 4 rings (SSSR count). The summed E-state index contributed by atoms with van der Waals surface area (Å²) in [4.78, 5) is 14.5. The molecule has 0 aromatic rings. The Kier molecular flexibility index (Phi) is 6.80. The van der Waals surface area contributed by atoms with Crippen LogP contribution < -0.4 is 0 Å². The fourth-order valence-electron chi connectivity index (χ4n) is 8.73. The molecule has 4 aliphatic rings. The number of carbonyl (C=O) groups excluding carboxylic acids is 1. The number of aliphatic hydroxyl groups excluding tert-OH is 1. The zero-order valence-corrected chi connectivity index (χ0v) is 21.7. The first-order valence-electron chi connectivity index (χ1n) is 13.5. The number of likely N-dealkylation sites (tertiary alicyclic amines) is 1. The van der Waals surface area contributed by atoms with Gasteiger partial charge < -0.3 is 14.7 Å². The van der Waals surface area contributed by atoms with Crippen LogP contribution >= 0.6 is 0 Å². The van der Waals surface area contributed by atoms with Crippen LogP contribution in [0.25, 0.3) is 0 Å². The number of nitrogens with zero attached hydrogens (tertiary/aromatic N) is 1. The van der Waals surface area contributed by atoms with Gasteiger partial charge in [0.25, 0.3) is 0 Å². The molecule has 0 amide bonds. The van der Waals surface area contributed by atoms with Crippen LogP contribution in [0.5, 0.6) is 0 Å². The standard InChI is InChI=1S/C28H49NO3/c1-26(2,3)32-24(31)10-8-7-9-19-11-12-21-25-22(13-14-27(19,21)4)28(5)15-16-29(6)18-20(28)17-23(25)30/h19-23,25,30H,7-18H2,1-6H3. The van der Waals surface area contributed by atoms with Gasteiger partial charge in [0, 0.05) is 13.0 Å². The molecule has 0 aromatic carbocycles. The van der Waals surface area contributed by atoms with Gasteiger partial charge in [0.15, 0.2) is 0 Å². The molecule has 0 spiro atoms. The number of unbranched alkanes of at least 4 members (excludes halogenated alkanes) is 1. The van der Waals surface area contributed by atoms with Crippen LogP contribution in [-0.2, 0) is 9.53 Å². The monoisotopic (exact) mass is 447 g/mol. The molecule has 0 radical (unpaired) electrons. The lowest BCUT2D eigenvalue weighted by atomic mass is 9.45. The predicted molar refractivity (Wildman–Crippen MR) is 129 cm³/mol. The van der Waals surface area contributed by atoms with Crippen molar-refractivity contribution < 1.29 is 14.6 Å². The largest absolute Gasteiger partial charge is 0.460 e. The maximum Gasteiger partial charge on any atom is 0.306 e. The number of ether oxygens (including phenoxy) is 1. The fraction of sp³-hybridized carbons (Fsp3) is 0.964. The number of rotatable bonds is 5. The third kappa shape index (κ3) is 4.52. The lowest BCUT2D eigenvalue weighted by Gasteiger charge is -2.62. The summed E-state index contributed by atoms with van der Waals surface area (Å²) in [5.74, 6) is 3.25. The highest BCUT2D eigenvalue weighted by Crippen LogP contribution is 2.67. The van der Waals surface area contributed by atoms with Crippen molar-refractivity contribution in [1.82, 2.24) is 4.90 Å². The van der Waals surface area contributed by atoms with Crippen LogP contribution in [0.3, 0.4) is 0 Å². The lowest BCUT2D eigenvalue weighted by molar-refractivity contribution is -0.168. The van der Waals surface area contributed by atoms with E-state index in [-0.39, 0.29) is 17.7 Å². The first-order valence-corrected chi connectivity index (χ1v) is 13.5. The third-order valence-electron chi connectivity index (χ3n) is 10.4. The van der Waals surface area contributed by atoms with Gasteiger partial charge in [-0.3, -0.25) is 4.79 Å². The second-order valence-corrected chi connectivity index (χ2v) is 13.5. The zero-order chi connectivity index (χ0) is 23.3. The summed E-state index contributed by atoms with van der Waals surface area (Å²) in [5.41, 5.74) is 0.415. The van der Waals surface area contributed by atoms with Gasteiger partial charge in [-0.05, 0) is 126 Å². The maximum absolute atomic E-state index is 12.1. The summed E-state index contributed by atoms with van der Waals surface area (Å²) in [6.45, 7) is 13.3. The molecule has 1 heterocycles. The van der Waals surface area contributed by atoms with Crippen LogP contribution in [0.2, 0.25) is 0 Å². The molecule has 0 aromatic heterocycles. The van der Waals surface area contributed by atoms with E-state index in [0.29, 0.717) is 40.9 Å². The van der Waals surface area contributed by atoms with E-state index < -0.39 is 0 Å². The summed E-state index contributed by atoms with van der Waals surface area (Å²) in [5, 5.41) is 11.4. The molecule has 1 saturated heterocycles. The van der Waals surface area contributed by atoms with Gasteiger partial charge >= 0.3 is 5.97 Å². The van der Waals surface area contributed by atoms with E-state index in [1.54, 1.807) is 0 Å². The average molecular weight is 448 g/mol. The van der Waals surface area contributed by atoms with Crippen molar-refractivity contribution in [3.63, 3.8) is 0 Å². The fourth-order valence-corrected chi connectivity index (χ4v) is 8.73. The van der Waals surface area contributed by atoms with Crippen molar-refractivity contribution in [1.29, 1.82) is 0 Å². The molecule has 8 unspecified atom stereocenters. The summed E-state index contributed by atoms with van der Waals surface area (Å²) in [6, 6.07) is 0. The molecule has 32 heavy (non-hydrogen) atoms. The second-order valence-electron chi connectivity index (χ2n) is 13.5. The van der Waals surface area contributed by atoms with Crippen LogP contribution in [-0.4, -0.2) is 47.8 Å². The number of esters is 1. The summed E-state index contributed by atoms with van der Waals surface area (Å²) < 4.78 is 5.48. The number of carbonyl (C=O) groups is 1. The van der Waals surface area contributed by atoms with Gasteiger partial charge in [-0.25, -0.2) is 0 Å². The number of fused-ring (bicyclic) bond motifs is 5. The van der Waals surface area contributed by atoms with Crippen LogP contribution in [0, 0.1) is 40.4 Å². The van der Waals surface area contributed by atoms with Crippen molar-refractivity contribution in [3.8, 4) is 0 Å². The Morgan fingerprint density at radius 1 is 1.06 bits per heavy atom. The molecule has 3 aliphatic carbocycles. The quantitative estimate of drug-likeness (QED) is 0.436. The highest BCUT2D eigenvalue weighted by molar-refractivity contribution is 5.69. The zero-order valence-electron chi connectivity index (χ0n) is 21.7. The van der Waals surface area contributed by atoms with E-state index in [2.05, 4.69) is 25.8 Å². The van der Waals surface area contributed by atoms with Crippen molar-refractivity contribution in [2.24, 2.45) is 40.4 Å². The Balaban J connectivity index is 1.37. The summed E-state index contributed by atoms with van der Waals surface area (Å²) >= 11 is 0. The Morgan fingerprint density at radius 2 is 1.78 bits per heavy atom. The van der Waals surface area contributed by atoms with Gasteiger partial charge in [-0.15, -0.1) is 0 Å². The molecular weight excluding hydrogens is 398 g/mol. The van der Waals surface area contributed by atoms with E-state index >= 15 is 0 Å². The van der Waals surface area contributed by atoms with Gasteiger partial charge in [-0.2, -0.15) is 0 Å². The van der Waals surface area contributed by atoms with Crippen molar-refractivity contribution in [2.75, 3.05) is 20.1 Å². The SMILES string of the molecule is CN1CCC2(C)C(CC(O)C3C4CCC(CCCCC(=O)OC(C)(C)C)C4(C)CCC32)C1. The number of piperidine rings is 1. The van der Waals surface area contributed by atoms with Gasteiger partial charge in [-0.1, -0.05) is 20.3 Å². The Morgan fingerprint density at radius 3 is 2.50 bits per heavy atom. The lowest BCUT2D eigenvalue weighted by Crippen LogP contribution is -2.60. The van der Waals surface area contributed by atoms with Gasteiger partial charge in [0.1, 0.15) is 5.60 Å². The molecule has 0 bridgehead atoms. The second kappa shape index (κ2) is 8.87. The molecule has 4 nitrogen and oxygen atoms in total. The highest BCUT2D eigenvalue weighted by Gasteiger charge is 2.62. The third-order valence-corrected chi connectivity index (χ3v) is 10.4. The van der Waals surface area contributed by atoms with E-state index in [0.717, 1.165) is 25.2 Å². The Bertz CT molecular complexity index is 687. The van der Waals surface area contributed by atoms with Crippen molar-refractivity contribution in [3.05, 3.63) is 0 Å². The predicted octanol–water partition coefficient (Wildman–Crippen LogP) is 5.67. The van der Waals surface area contributed by atoms with E-state index in [4.69, 9.17) is 4.74 Å². The minimum absolute atomic E-state index is 0.0558. The van der Waals surface area contributed by atoms with Crippen LogP contribution in [0.15, 0.2) is 0 Å². The molecule has 4 heteroatoms. The van der Waals surface area contributed by atoms with E-state index in [1.807, 2.05) is 20.8 Å². The van der Waals surface area contributed by atoms with Crippen molar-refractivity contribution in [2.45, 2.75) is 111 Å². The molecule has 184 valence electrons. The average Bonchev–Trinajstić information content (AvgIpc) is 3.02. The first kappa shape index (κ1) is 24.5. The molecule has 3 saturated carbocycles. The summed E-state index contributed by atoms with van der Waals surface area (Å²) in [7, 11) is 2.25. The number of hydrogen-bond donors (Lipinski definition) is 1. The van der Waals surface area contributed by atoms with Crippen molar-refractivity contribution >= 4 is 5.97 Å². The molecule has 1 aliphatic heterocycles. The minimum atomic E-state index is -0.383. The first-order chi connectivity index (χ1) is 14.9. The molecular formula is C28H49NO3. The Labute approximate surface area is 196 Å². The van der Waals surface area contributed by atoms with Gasteiger partial charge in [0.05, 0.1) is 6.10 Å². The van der Waals surface area contributed by atoms with E-state index in [9.17, 15) is 9.90 Å². The van der Waals surface area contributed by atoms with Crippen LogP contribution in [0.1, 0.15) is 98.8 Å². The molecule has 1 N–H and O–H groups in total. The smallest absolute Gasteiger partial charge is 0.306 e. The van der Waals surface area contributed by atoms with Crippen LogP contribution in [0.4, 0.5) is 0 Å². The maximum atomic E-state index is 12.1. The van der Waals surface area contributed by atoms with E-state index in [1.165, 1.54) is 51.6 Å². The molecule has 4 fully saturated rings. The van der Waals surface area contributed by atoms with Gasteiger partial charge in [0.2, 0.25) is 0 Å². The number of hydrogen-bond acceptors (Lipinski definition) is 4. The topological polar surface area (TPSA) is 49.8 Å². The summed E-state index contributed by atoms with van der Waals surface area (Å²) in [6.07, 6.45) is 11.3. The molecule has 8 atom stereocenters. The Hall–Kier alpha value is -0.610. The highest BCUT2D eigenvalue weighted by atomic mass is 16.6. The normalized spacial score (nSPS) is 44.5.